The van der Waals surface area contributed by atoms with Gasteiger partial charge in [-0.3, -0.25) is 4.79 Å². The van der Waals surface area contributed by atoms with Gasteiger partial charge in [-0.05, 0) is 51.3 Å². The Morgan fingerprint density at radius 2 is 1.96 bits per heavy atom. The second kappa shape index (κ2) is 7.87. The predicted octanol–water partition coefficient (Wildman–Crippen LogP) is 3.35. The number of anilines is 1. The molecule has 120 valence electrons. The lowest BCUT2D eigenvalue weighted by Crippen LogP contribution is -2.19. The van der Waals surface area contributed by atoms with E-state index in [-0.39, 0.29) is 18.1 Å². The van der Waals surface area contributed by atoms with Crippen molar-refractivity contribution >= 4 is 33.7 Å². The molecule has 1 N–H and O–H groups in total. The third-order valence-corrected chi connectivity index (χ3v) is 3.77. The molecule has 23 heavy (non-hydrogen) atoms. The largest absolute Gasteiger partial charge is 0.377 e. The molecule has 0 saturated carbocycles. The summed E-state index contributed by atoms with van der Waals surface area (Å²) in [5, 5.41) is 3.94. The zero-order chi connectivity index (χ0) is 16.8. The van der Waals surface area contributed by atoms with Crippen molar-refractivity contribution < 1.29 is 9.18 Å². The Morgan fingerprint density at radius 1 is 1.26 bits per heavy atom. The molecule has 6 heteroatoms. The van der Waals surface area contributed by atoms with E-state index in [0.717, 1.165) is 21.3 Å². The molecule has 0 atom stereocenters. The summed E-state index contributed by atoms with van der Waals surface area (Å²) in [4.78, 5) is 13.8. The van der Waals surface area contributed by atoms with Crippen molar-refractivity contribution in [2.75, 3.05) is 19.0 Å². The average molecular weight is 378 g/mol. The van der Waals surface area contributed by atoms with E-state index in [4.69, 9.17) is 0 Å². The van der Waals surface area contributed by atoms with E-state index in [0.29, 0.717) is 0 Å². The summed E-state index contributed by atoms with van der Waals surface area (Å²) in [7, 11) is 3.92. The minimum atomic E-state index is -0.320. The Kier molecular flexibility index (Phi) is 5.87. The zero-order valence-corrected chi connectivity index (χ0v) is 14.5. The highest BCUT2D eigenvalue weighted by molar-refractivity contribution is 9.10. The number of nitrogens with one attached hydrogen (secondary N) is 1. The summed E-state index contributed by atoms with van der Waals surface area (Å²) in [6, 6.07) is 11.6. The Morgan fingerprint density at radius 3 is 2.57 bits per heavy atom. The van der Waals surface area contributed by atoms with Crippen LogP contribution in [0.3, 0.4) is 0 Å². The van der Waals surface area contributed by atoms with Gasteiger partial charge in [0.1, 0.15) is 5.82 Å². The third kappa shape index (κ3) is 5.17. The van der Waals surface area contributed by atoms with Crippen LogP contribution in [0.1, 0.15) is 11.1 Å². The fourth-order valence-electron chi connectivity index (χ4n) is 1.97. The lowest BCUT2D eigenvalue weighted by Gasteiger charge is -2.14. The Balaban J connectivity index is 1.92. The molecule has 2 aromatic rings. The van der Waals surface area contributed by atoms with Gasteiger partial charge in [-0.15, -0.1) is 0 Å². The van der Waals surface area contributed by atoms with Crippen LogP contribution in [0.25, 0.3) is 0 Å². The first kappa shape index (κ1) is 17.1. The van der Waals surface area contributed by atoms with Crippen molar-refractivity contribution in [1.29, 1.82) is 0 Å². The zero-order valence-electron chi connectivity index (χ0n) is 12.9. The average Bonchev–Trinajstić information content (AvgIpc) is 2.49. The maximum atomic E-state index is 12.8. The number of amides is 1. The first-order chi connectivity index (χ1) is 11.0. The van der Waals surface area contributed by atoms with E-state index < -0.39 is 0 Å². The molecule has 0 aliphatic rings. The van der Waals surface area contributed by atoms with Crippen molar-refractivity contribution in [1.82, 2.24) is 5.43 Å². The minimum Gasteiger partial charge on any atom is -0.377 e. The highest BCUT2D eigenvalue weighted by atomic mass is 79.9. The van der Waals surface area contributed by atoms with E-state index in [2.05, 4.69) is 26.5 Å². The highest BCUT2D eigenvalue weighted by Crippen LogP contribution is 2.25. The molecular formula is C17H17BrFN3O. The SMILES string of the molecule is CN(C)c1ccc(/C=N/NC(=O)Cc2ccc(F)cc2)cc1Br. The van der Waals surface area contributed by atoms with Crippen molar-refractivity contribution in [2.24, 2.45) is 5.10 Å². The summed E-state index contributed by atoms with van der Waals surface area (Å²) in [5.74, 6) is -0.573. The summed E-state index contributed by atoms with van der Waals surface area (Å²) in [5.41, 5.74) is 5.12. The number of rotatable bonds is 5. The van der Waals surface area contributed by atoms with Crippen molar-refractivity contribution in [3.63, 3.8) is 0 Å². The number of hydrazone groups is 1. The summed E-state index contributed by atoms with van der Waals surface area (Å²) in [6.45, 7) is 0. The van der Waals surface area contributed by atoms with Crippen LogP contribution in [0, 0.1) is 5.82 Å². The Bertz CT molecular complexity index is 714. The first-order valence-electron chi connectivity index (χ1n) is 6.99. The molecule has 0 heterocycles. The third-order valence-electron chi connectivity index (χ3n) is 3.13. The molecule has 1 amide bonds. The standard InChI is InChI=1S/C17H17BrFN3O/c1-22(2)16-8-5-13(9-15(16)18)11-20-21-17(23)10-12-3-6-14(19)7-4-12/h3-9,11H,10H2,1-2H3,(H,21,23)/b20-11+. The molecule has 0 radical (unpaired) electrons. The second-order valence-corrected chi connectivity index (χ2v) is 6.06. The number of carbonyl (C=O) groups is 1. The van der Waals surface area contributed by atoms with E-state index in [1.54, 1.807) is 18.3 Å². The second-order valence-electron chi connectivity index (χ2n) is 5.20. The van der Waals surface area contributed by atoms with Gasteiger partial charge in [0.05, 0.1) is 18.3 Å². The molecule has 0 saturated heterocycles. The van der Waals surface area contributed by atoms with Crippen LogP contribution in [0.4, 0.5) is 10.1 Å². The quantitative estimate of drug-likeness (QED) is 0.641. The minimum absolute atomic E-state index is 0.154. The van der Waals surface area contributed by atoms with Crippen LogP contribution in [0.2, 0.25) is 0 Å². The van der Waals surface area contributed by atoms with Gasteiger partial charge in [-0.25, -0.2) is 9.82 Å². The van der Waals surface area contributed by atoms with E-state index in [1.807, 2.05) is 37.2 Å². The smallest absolute Gasteiger partial charge is 0.244 e. The van der Waals surface area contributed by atoms with E-state index >= 15 is 0 Å². The van der Waals surface area contributed by atoms with Crippen LogP contribution in [0.5, 0.6) is 0 Å². The van der Waals surface area contributed by atoms with Gasteiger partial charge in [-0.1, -0.05) is 18.2 Å². The van der Waals surface area contributed by atoms with Crippen LogP contribution < -0.4 is 10.3 Å². The van der Waals surface area contributed by atoms with Gasteiger partial charge in [0, 0.05) is 18.6 Å². The number of halogens is 2. The lowest BCUT2D eigenvalue weighted by atomic mass is 10.1. The predicted molar refractivity (Wildman–Crippen MR) is 94.3 cm³/mol. The van der Waals surface area contributed by atoms with Gasteiger partial charge in [0.2, 0.25) is 5.91 Å². The van der Waals surface area contributed by atoms with Crippen LogP contribution in [-0.2, 0) is 11.2 Å². The van der Waals surface area contributed by atoms with Crippen molar-refractivity contribution in [2.45, 2.75) is 6.42 Å². The molecule has 0 fully saturated rings. The number of nitrogens with zero attached hydrogens (tertiary/aromatic N) is 2. The fourth-order valence-corrected chi connectivity index (χ4v) is 2.72. The van der Waals surface area contributed by atoms with Crippen LogP contribution >= 0.6 is 15.9 Å². The molecule has 0 aliphatic carbocycles. The van der Waals surface area contributed by atoms with Gasteiger partial charge in [0.25, 0.3) is 0 Å². The van der Waals surface area contributed by atoms with Crippen molar-refractivity contribution in [3.8, 4) is 0 Å². The number of carbonyl (C=O) groups excluding carboxylic acids is 1. The first-order valence-corrected chi connectivity index (χ1v) is 7.78. The molecule has 0 aromatic heterocycles. The molecule has 2 aromatic carbocycles. The number of hydrogen-bond acceptors (Lipinski definition) is 3. The number of hydrogen-bond donors (Lipinski definition) is 1. The molecule has 0 unspecified atom stereocenters. The topological polar surface area (TPSA) is 44.7 Å². The normalized spacial score (nSPS) is 10.8. The molecule has 0 bridgehead atoms. The summed E-state index contributed by atoms with van der Waals surface area (Å²) < 4.78 is 13.7. The van der Waals surface area contributed by atoms with Gasteiger partial charge < -0.3 is 4.90 Å². The van der Waals surface area contributed by atoms with Crippen LogP contribution in [-0.4, -0.2) is 26.2 Å². The summed E-state index contributed by atoms with van der Waals surface area (Å²) in [6.07, 6.45) is 1.73. The van der Waals surface area contributed by atoms with Gasteiger partial charge in [0.15, 0.2) is 0 Å². The maximum Gasteiger partial charge on any atom is 0.244 e. The van der Waals surface area contributed by atoms with E-state index in [9.17, 15) is 9.18 Å². The van der Waals surface area contributed by atoms with E-state index in [1.165, 1.54) is 12.1 Å². The van der Waals surface area contributed by atoms with Crippen LogP contribution in [0.15, 0.2) is 52.0 Å². The molecule has 0 spiro atoms. The lowest BCUT2D eigenvalue weighted by molar-refractivity contribution is -0.120. The van der Waals surface area contributed by atoms with Crippen molar-refractivity contribution in [3.05, 3.63) is 63.9 Å². The Labute approximate surface area is 143 Å². The van der Waals surface area contributed by atoms with Gasteiger partial charge >= 0.3 is 0 Å². The monoisotopic (exact) mass is 377 g/mol. The molecule has 0 aliphatic heterocycles. The molecule has 2 rings (SSSR count). The van der Waals surface area contributed by atoms with Gasteiger partial charge in [-0.2, -0.15) is 5.10 Å². The number of benzene rings is 2. The maximum absolute atomic E-state index is 12.8. The highest BCUT2D eigenvalue weighted by Gasteiger charge is 2.03. The Hall–Kier alpha value is -2.21. The molecule has 4 nitrogen and oxygen atoms in total. The fraction of sp³-hybridized carbons (Fsp3) is 0.176. The molecular weight excluding hydrogens is 361 g/mol. The summed E-state index contributed by atoms with van der Waals surface area (Å²) >= 11 is 3.50.